The van der Waals surface area contributed by atoms with Crippen molar-refractivity contribution in [3.8, 4) is 0 Å². The molecular formula is C2H6ClO3P. The molecule has 44 valence electrons. The zero-order valence-electron chi connectivity index (χ0n) is 3.80. The van der Waals surface area contributed by atoms with Crippen LogP contribution in [0.3, 0.4) is 0 Å². The molecule has 0 fully saturated rings. The van der Waals surface area contributed by atoms with E-state index in [1.807, 2.05) is 0 Å². The van der Waals surface area contributed by atoms with Gasteiger partial charge in [0.2, 0.25) is 0 Å². The maximum Gasteiger partial charge on any atom is 0.326 e. The molecule has 0 saturated carbocycles. The molecule has 0 aromatic carbocycles. The van der Waals surface area contributed by atoms with Gasteiger partial charge in [-0.15, -0.1) is 0 Å². The zero-order valence-corrected chi connectivity index (χ0v) is 5.45. The highest BCUT2D eigenvalue weighted by molar-refractivity contribution is 7.51. The van der Waals surface area contributed by atoms with Crippen LogP contribution < -0.4 is 0 Å². The average Bonchev–Trinajstić information content (AvgIpc) is 1.30. The van der Waals surface area contributed by atoms with Crippen molar-refractivity contribution < 1.29 is 14.0 Å². The molecule has 0 spiro atoms. The fraction of sp³-hybridized carbons (Fsp3) is 1.00. The summed E-state index contributed by atoms with van der Waals surface area (Å²) in [6.45, 7) is 1.08. The Bertz CT molecular complexity index is 86.9. The molecule has 0 saturated heterocycles. The number of halogens is 1. The average molecular weight is 144 g/mol. The summed E-state index contributed by atoms with van der Waals surface area (Å²) in [6, 6.07) is -0.232. The van der Waals surface area contributed by atoms with Gasteiger partial charge < -0.3 is 4.89 Å². The molecule has 0 aromatic heterocycles. The van der Waals surface area contributed by atoms with Gasteiger partial charge >= 0.3 is 7.60 Å². The summed E-state index contributed by atoms with van der Waals surface area (Å²) in [7, 11) is -3.30. The van der Waals surface area contributed by atoms with E-state index in [1.54, 1.807) is 0 Å². The molecule has 1 atom stereocenters. The SMILES string of the molecule is CP(=O)(O)OCCl. The summed E-state index contributed by atoms with van der Waals surface area (Å²) in [5.41, 5.74) is 0. The Balaban J connectivity index is 3.36. The van der Waals surface area contributed by atoms with Crippen molar-refractivity contribution in [1.82, 2.24) is 0 Å². The second-order valence-electron chi connectivity index (χ2n) is 1.04. The van der Waals surface area contributed by atoms with Crippen LogP contribution in [0.2, 0.25) is 0 Å². The molecule has 0 aliphatic rings. The van der Waals surface area contributed by atoms with Gasteiger partial charge in [-0.1, -0.05) is 11.6 Å². The molecule has 5 heteroatoms. The molecule has 1 N–H and O–H groups in total. The van der Waals surface area contributed by atoms with Gasteiger partial charge in [0.15, 0.2) is 0 Å². The summed E-state index contributed by atoms with van der Waals surface area (Å²) in [4.78, 5) is 8.27. The smallest absolute Gasteiger partial charge is 0.324 e. The van der Waals surface area contributed by atoms with Gasteiger partial charge in [0.25, 0.3) is 0 Å². The van der Waals surface area contributed by atoms with Crippen molar-refractivity contribution >= 4 is 19.2 Å². The predicted octanol–water partition coefficient (Wildman–Crippen LogP) is 1.01. The minimum Gasteiger partial charge on any atom is -0.324 e. The van der Waals surface area contributed by atoms with E-state index < -0.39 is 7.60 Å². The van der Waals surface area contributed by atoms with Crippen LogP contribution in [0.1, 0.15) is 0 Å². The molecule has 0 aliphatic carbocycles. The molecule has 0 aliphatic heterocycles. The van der Waals surface area contributed by atoms with Crippen LogP contribution in [0.15, 0.2) is 0 Å². The van der Waals surface area contributed by atoms with Gasteiger partial charge in [0, 0.05) is 6.66 Å². The summed E-state index contributed by atoms with van der Waals surface area (Å²) in [5, 5.41) is 0. The van der Waals surface area contributed by atoms with E-state index in [0.29, 0.717) is 0 Å². The second-order valence-corrected chi connectivity index (χ2v) is 3.12. The van der Waals surface area contributed by atoms with Crippen molar-refractivity contribution in [3.05, 3.63) is 0 Å². The molecule has 7 heavy (non-hydrogen) atoms. The van der Waals surface area contributed by atoms with Gasteiger partial charge in [0.1, 0.15) is 6.07 Å². The molecule has 0 bridgehead atoms. The first-order valence-corrected chi connectivity index (χ1v) is 4.13. The van der Waals surface area contributed by atoms with E-state index in [0.717, 1.165) is 6.66 Å². The fourth-order valence-electron chi connectivity index (χ4n) is 0.0905. The Morgan fingerprint density at radius 1 is 2.00 bits per heavy atom. The van der Waals surface area contributed by atoms with E-state index in [-0.39, 0.29) is 6.07 Å². The van der Waals surface area contributed by atoms with E-state index in [9.17, 15) is 4.57 Å². The van der Waals surface area contributed by atoms with Gasteiger partial charge in [-0.2, -0.15) is 0 Å². The third-order valence-electron chi connectivity index (χ3n) is 0.288. The Morgan fingerprint density at radius 2 is 2.43 bits per heavy atom. The van der Waals surface area contributed by atoms with E-state index in [1.165, 1.54) is 0 Å². The second kappa shape index (κ2) is 2.68. The number of hydrogen-bond acceptors (Lipinski definition) is 2. The highest BCUT2D eigenvalue weighted by atomic mass is 35.5. The van der Waals surface area contributed by atoms with Gasteiger partial charge in [-0.25, -0.2) is 0 Å². The zero-order chi connectivity index (χ0) is 5.91. The van der Waals surface area contributed by atoms with Crippen molar-refractivity contribution in [2.75, 3.05) is 12.7 Å². The lowest BCUT2D eigenvalue weighted by atomic mass is 11.7. The highest BCUT2D eigenvalue weighted by Crippen LogP contribution is 2.36. The van der Waals surface area contributed by atoms with Crippen LogP contribution in [-0.2, 0) is 9.09 Å². The molecule has 1 unspecified atom stereocenters. The molecular weight excluding hydrogens is 138 g/mol. The van der Waals surface area contributed by atoms with E-state index in [2.05, 4.69) is 4.52 Å². The van der Waals surface area contributed by atoms with Crippen molar-refractivity contribution in [3.63, 3.8) is 0 Å². The molecule has 0 aromatic rings. The lowest BCUT2D eigenvalue weighted by Gasteiger charge is -1.99. The third-order valence-corrected chi connectivity index (χ3v) is 1.16. The maximum absolute atomic E-state index is 10.1. The quantitative estimate of drug-likeness (QED) is 0.465. The van der Waals surface area contributed by atoms with Crippen LogP contribution in [0.5, 0.6) is 0 Å². The molecule has 0 radical (unpaired) electrons. The Kier molecular flexibility index (Phi) is 2.84. The molecule has 3 nitrogen and oxygen atoms in total. The van der Waals surface area contributed by atoms with Crippen molar-refractivity contribution in [2.24, 2.45) is 0 Å². The van der Waals surface area contributed by atoms with Crippen LogP contribution in [0.25, 0.3) is 0 Å². The molecule has 0 rings (SSSR count). The number of alkyl halides is 1. The fourth-order valence-corrected chi connectivity index (χ4v) is 0.815. The minimum absolute atomic E-state index is 0.232. The molecule has 0 heterocycles. The van der Waals surface area contributed by atoms with Crippen LogP contribution >= 0.6 is 19.2 Å². The first-order chi connectivity index (χ1) is 3.06. The van der Waals surface area contributed by atoms with Gasteiger partial charge in [0.05, 0.1) is 0 Å². The van der Waals surface area contributed by atoms with Crippen molar-refractivity contribution in [1.29, 1.82) is 0 Å². The van der Waals surface area contributed by atoms with E-state index >= 15 is 0 Å². The first-order valence-electron chi connectivity index (χ1n) is 1.57. The predicted molar refractivity (Wildman–Crippen MR) is 27.6 cm³/mol. The summed E-state index contributed by atoms with van der Waals surface area (Å²) in [5.74, 6) is 0. The number of rotatable bonds is 2. The monoisotopic (exact) mass is 144 g/mol. The highest BCUT2D eigenvalue weighted by Gasteiger charge is 2.06. The standard InChI is InChI=1S/C2H6ClO3P/c1-7(4,5)6-2-3/h2H2,1H3,(H,4,5). The normalized spacial score (nSPS) is 18.7. The van der Waals surface area contributed by atoms with Crippen LogP contribution in [-0.4, -0.2) is 17.6 Å². The molecule has 0 amide bonds. The third kappa shape index (κ3) is 6.44. The summed E-state index contributed by atoms with van der Waals surface area (Å²) in [6.07, 6.45) is 0. The van der Waals surface area contributed by atoms with Gasteiger partial charge in [-0.05, 0) is 0 Å². The summed E-state index contributed by atoms with van der Waals surface area (Å²) >= 11 is 4.93. The lowest BCUT2D eigenvalue weighted by molar-refractivity contribution is 0.308. The minimum atomic E-state index is -3.30. The van der Waals surface area contributed by atoms with Gasteiger partial charge in [-0.3, -0.25) is 9.09 Å². The Hall–Kier alpha value is 0.440. The topological polar surface area (TPSA) is 46.5 Å². The number of hydrogen-bond donors (Lipinski definition) is 1. The Morgan fingerprint density at radius 3 is 2.43 bits per heavy atom. The van der Waals surface area contributed by atoms with Crippen molar-refractivity contribution in [2.45, 2.75) is 0 Å². The maximum atomic E-state index is 10.1. The largest absolute Gasteiger partial charge is 0.326 e. The first kappa shape index (κ1) is 7.44. The summed E-state index contributed by atoms with van der Waals surface area (Å²) < 4.78 is 14.2. The van der Waals surface area contributed by atoms with Crippen LogP contribution in [0, 0.1) is 0 Å². The Labute approximate surface area is 46.8 Å². The van der Waals surface area contributed by atoms with Crippen LogP contribution in [0.4, 0.5) is 0 Å². The lowest BCUT2D eigenvalue weighted by Crippen LogP contribution is -1.81. The van der Waals surface area contributed by atoms with E-state index in [4.69, 9.17) is 16.5 Å².